The molecule has 12 heteroatoms. The van der Waals surface area contributed by atoms with E-state index < -0.39 is 49.8 Å². The fourth-order valence-corrected chi connectivity index (χ4v) is 7.84. The molecule has 1 amide bonds. The van der Waals surface area contributed by atoms with E-state index in [-0.39, 0.29) is 36.9 Å². The SMILES string of the molecule is COc1ccc(S(=O)(=O)N(CC(C)C)C(Cc2ccccc2)[C@H](O)CNC(=O)[C@@H](C)CS(=O)(=O)NCc2ccccc2)cc1. The van der Waals surface area contributed by atoms with Crippen LogP contribution in [0, 0.1) is 11.8 Å². The molecule has 0 heterocycles. The topological polar surface area (TPSA) is 142 Å². The van der Waals surface area contributed by atoms with Crippen molar-refractivity contribution in [3.05, 3.63) is 96.1 Å². The Morgan fingerprint density at radius 3 is 1.98 bits per heavy atom. The van der Waals surface area contributed by atoms with Crippen molar-refractivity contribution in [2.24, 2.45) is 11.8 Å². The van der Waals surface area contributed by atoms with Gasteiger partial charge >= 0.3 is 0 Å². The average molecular weight is 646 g/mol. The maximum absolute atomic E-state index is 14.0. The summed E-state index contributed by atoms with van der Waals surface area (Å²) in [7, 11) is -6.35. The van der Waals surface area contributed by atoms with Crippen LogP contribution in [0.3, 0.4) is 0 Å². The number of aliphatic hydroxyl groups excluding tert-OH is 1. The molecule has 0 radical (unpaired) electrons. The van der Waals surface area contributed by atoms with Gasteiger partial charge in [0.05, 0.1) is 35.8 Å². The molecule has 3 N–H and O–H groups in total. The number of hydrogen-bond donors (Lipinski definition) is 3. The standard InChI is InChI=1S/C32H43N3O7S2/c1-24(2)22-35(44(40,41)29-17-15-28(42-4)16-18-29)30(19-26-11-7-5-8-12-26)31(36)21-33-32(37)25(3)23-43(38,39)34-20-27-13-9-6-10-14-27/h5-18,24-25,30-31,34,36H,19-23H2,1-4H3,(H,33,37)/t25-,30?,31+/m0/s1. The highest BCUT2D eigenvalue weighted by Gasteiger charge is 2.36. The van der Waals surface area contributed by atoms with Crippen molar-refractivity contribution in [3.8, 4) is 5.75 Å². The molecule has 0 bridgehead atoms. The molecule has 0 aliphatic carbocycles. The van der Waals surface area contributed by atoms with E-state index in [0.29, 0.717) is 5.75 Å². The molecule has 240 valence electrons. The number of aliphatic hydroxyl groups is 1. The van der Waals surface area contributed by atoms with E-state index in [0.717, 1.165) is 11.1 Å². The Bertz CT molecular complexity index is 1530. The largest absolute Gasteiger partial charge is 0.497 e. The van der Waals surface area contributed by atoms with Gasteiger partial charge in [0, 0.05) is 19.6 Å². The van der Waals surface area contributed by atoms with Gasteiger partial charge in [0.15, 0.2) is 0 Å². The van der Waals surface area contributed by atoms with Crippen LogP contribution in [-0.4, -0.2) is 70.3 Å². The van der Waals surface area contributed by atoms with E-state index >= 15 is 0 Å². The first-order valence-electron chi connectivity index (χ1n) is 14.5. The quantitative estimate of drug-likeness (QED) is 0.205. The molecule has 0 saturated carbocycles. The zero-order valence-corrected chi connectivity index (χ0v) is 27.2. The van der Waals surface area contributed by atoms with Crippen LogP contribution in [0.1, 0.15) is 31.9 Å². The fraction of sp³-hybridized carbons (Fsp3) is 0.406. The highest BCUT2D eigenvalue weighted by Crippen LogP contribution is 2.25. The van der Waals surface area contributed by atoms with Crippen molar-refractivity contribution < 1.29 is 31.5 Å². The molecule has 3 aromatic carbocycles. The smallest absolute Gasteiger partial charge is 0.243 e. The maximum Gasteiger partial charge on any atom is 0.243 e. The lowest BCUT2D eigenvalue weighted by Crippen LogP contribution is -2.53. The molecule has 3 atom stereocenters. The van der Waals surface area contributed by atoms with Gasteiger partial charge in [0.2, 0.25) is 26.0 Å². The Kier molecular flexibility index (Phi) is 12.9. The van der Waals surface area contributed by atoms with Crippen molar-refractivity contribution in [3.63, 3.8) is 0 Å². The molecule has 0 saturated heterocycles. The number of hydrogen-bond acceptors (Lipinski definition) is 7. The molecule has 3 rings (SSSR count). The number of benzene rings is 3. The van der Waals surface area contributed by atoms with E-state index in [4.69, 9.17) is 4.74 Å². The molecule has 1 unspecified atom stereocenters. The maximum atomic E-state index is 14.0. The van der Waals surface area contributed by atoms with Gasteiger partial charge < -0.3 is 15.2 Å². The minimum Gasteiger partial charge on any atom is -0.497 e. The number of amides is 1. The van der Waals surface area contributed by atoms with Gasteiger partial charge in [-0.1, -0.05) is 81.4 Å². The van der Waals surface area contributed by atoms with Gasteiger partial charge in [-0.05, 0) is 47.7 Å². The number of rotatable bonds is 17. The van der Waals surface area contributed by atoms with E-state index in [9.17, 15) is 26.7 Å². The predicted molar refractivity (Wildman–Crippen MR) is 171 cm³/mol. The van der Waals surface area contributed by atoms with Crippen LogP contribution in [0.2, 0.25) is 0 Å². The van der Waals surface area contributed by atoms with Gasteiger partial charge in [-0.2, -0.15) is 4.31 Å². The molecule has 10 nitrogen and oxygen atoms in total. The Morgan fingerprint density at radius 1 is 0.864 bits per heavy atom. The minimum atomic E-state index is -4.08. The molecule has 44 heavy (non-hydrogen) atoms. The number of sulfonamides is 2. The third-order valence-electron chi connectivity index (χ3n) is 7.05. The molecule has 0 aliphatic heterocycles. The summed E-state index contributed by atoms with van der Waals surface area (Å²) in [5, 5.41) is 14.1. The second-order valence-electron chi connectivity index (χ2n) is 11.2. The Hall–Kier alpha value is -3.29. The number of carbonyl (C=O) groups is 1. The van der Waals surface area contributed by atoms with Crippen molar-refractivity contribution in [1.29, 1.82) is 0 Å². The number of nitrogens with zero attached hydrogens (tertiary/aromatic N) is 1. The molecular formula is C32H43N3O7S2. The first kappa shape index (κ1) is 35.2. The van der Waals surface area contributed by atoms with E-state index in [1.807, 2.05) is 50.2 Å². The third-order valence-corrected chi connectivity index (χ3v) is 10.5. The molecule has 3 aromatic rings. The minimum absolute atomic E-state index is 0.0510. The normalized spacial score (nSPS) is 14.2. The van der Waals surface area contributed by atoms with Crippen LogP contribution >= 0.6 is 0 Å². The highest BCUT2D eigenvalue weighted by atomic mass is 32.2. The molecule has 0 aliphatic rings. The zero-order chi connectivity index (χ0) is 32.3. The van der Waals surface area contributed by atoms with Gasteiger partial charge in [0.1, 0.15) is 5.75 Å². The monoisotopic (exact) mass is 645 g/mol. The lowest BCUT2D eigenvalue weighted by Gasteiger charge is -2.35. The third kappa shape index (κ3) is 10.4. The summed E-state index contributed by atoms with van der Waals surface area (Å²) in [5.74, 6) is -1.49. The number of nitrogens with one attached hydrogen (secondary N) is 2. The summed E-state index contributed by atoms with van der Waals surface area (Å²) in [4.78, 5) is 13.0. The summed E-state index contributed by atoms with van der Waals surface area (Å²) >= 11 is 0. The summed E-state index contributed by atoms with van der Waals surface area (Å²) in [6.07, 6.45) is -1.11. The van der Waals surface area contributed by atoms with E-state index in [2.05, 4.69) is 10.0 Å². The Labute approximate surface area is 261 Å². The van der Waals surface area contributed by atoms with Crippen molar-refractivity contribution in [2.45, 2.75) is 50.8 Å². The number of methoxy groups -OCH3 is 1. The van der Waals surface area contributed by atoms with Crippen molar-refractivity contribution in [1.82, 2.24) is 14.3 Å². The second-order valence-corrected chi connectivity index (χ2v) is 14.9. The van der Waals surface area contributed by atoms with Crippen LogP contribution in [0.5, 0.6) is 5.75 Å². The van der Waals surface area contributed by atoms with Crippen LogP contribution < -0.4 is 14.8 Å². The fourth-order valence-electron chi connectivity index (χ4n) is 4.71. The van der Waals surface area contributed by atoms with Crippen LogP contribution in [-0.2, 0) is 37.8 Å². The van der Waals surface area contributed by atoms with Crippen LogP contribution in [0.25, 0.3) is 0 Å². The summed E-state index contributed by atoms with van der Waals surface area (Å²) in [6, 6.07) is 23.4. The molecule has 0 aromatic heterocycles. The average Bonchev–Trinajstić information content (AvgIpc) is 3.01. The molecular weight excluding hydrogens is 603 g/mol. The molecule has 0 spiro atoms. The van der Waals surface area contributed by atoms with Gasteiger partial charge in [-0.3, -0.25) is 4.79 Å². The lowest BCUT2D eigenvalue weighted by atomic mass is 10.00. The molecule has 0 fully saturated rings. The summed E-state index contributed by atoms with van der Waals surface area (Å²) in [6.45, 7) is 5.22. The first-order chi connectivity index (χ1) is 20.8. The van der Waals surface area contributed by atoms with Gasteiger partial charge in [-0.25, -0.2) is 21.6 Å². The van der Waals surface area contributed by atoms with Crippen LogP contribution in [0.15, 0.2) is 89.8 Å². The van der Waals surface area contributed by atoms with Crippen molar-refractivity contribution in [2.75, 3.05) is 26.0 Å². The first-order valence-corrected chi connectivity index (χ1v) is 17.6. The number of ether oxygens (including phenoxy) is 1. The number of carbonyl (C=O) groups excluding carboxylic acids is 1. The Balaban J connectivity index is 1.78. The van der Waals surface area contributed by atoms with E-state index in [1.54, 1.807) is 36.4 Å². The van der Waals surface area contributed by atoms with Gasteiger partial charge in [-0.15, -0.1) is 0 Å². The van der Waals surface area contributed by atoms with Crippen molar-refractivity contribution >= 4 is 26.0 Å². The Morgan fingerprint density at radius 2 is 1.43 bits per heavy atom. The van der Waals surface area contributed by atoms with Crippen LogP contribution in [0.4, 0.5) is 0 Å². The lowest BCUT2D eigenvalue weighted by molar-refractivity contribution is -0.124. The summed E-state index contributed by atoms with van der Waals surface area (Å²) in [5.41, 5.74) is 1.60. The highest BCUT2D eigenvalue weighted by molar-refractivity contribution is 7.89. The van der Waals surface area contributed by atoms with Gasteiger partial charge in [0.25, 0.3) is 0 Å². The second kappa shape index (κ2) is 16.1. The predicted octanol–water partition coefficient (Wildman–Crippen LogP) is 3.19. The summed E-state index contributed by atoms with van der Waals surface area (Å²) < 4.78 is 62.2. The zero-order valence-electron chi connectivity index (χ0n) is 25.6. The van der Waals surface area contributed by atoms with E-state index in [1.165, 1.54) is 30.5 Å².